The van der Waals surface area contributed by atoms with Crippen LogP contribution in [0.15, 0.2) is 5.38 Å². The maximum atomic E-state index is 6.06. The summed E-state index contributed by atoms with van der Waals surface area (Å²) in [5, 5.41) is 6.85. The number of hydrogen-bond acceptors (Lipinski definition) is 4. The molecule has 0 spiro atoms. The molecule has 0 bridgehead atoms. The van der Waals surface area contributed by atoms with Crippen LogP contribution in [0.25, 0.3) is 0 Å². The molecular weight excluding hydrogens is 256 g/mol. The lowest BCUT2D eigenvalue weighted by Crippen LogP contribution is -2.25. The lowest BCUT2D eigenvalue weighted by molar-refractivity contribution is -0.0166. The van der Waals surface area contributed by atoms with Gasteiger partial charge in [-0.25, -0.2) is 4.98 Å². The Bertz CT molecular complexity index is 403. The summed E-state index contributed by atoms with van der Waals surface area (Å²) in [6.45, 7) is 3.93. The minimum atomic E-state index is 0.448. The van der Waals surface area contributed by atoms with E-state index in [0.717, 1.165) is 18.3 Å². The van der Waals surface area contributed by atoms with E-state index in [-0.39, 0.29) is 0 Å². The standard InChI is InChI=1S/C15H24N2OS/c1-11-4-2-3-5-14(11)18-9-13-10-19-15(17-13)8-16-12-6-7-12/h10-12,14,16H,2-9H2,1H3. The lowest BCUT2D eigenvalue weighted by atomic mass is 9.88. The molecule has 1 aromatic heterocycles. The molecule has 4 heteroatoms. The van der Waals surface area contributed by atoms with Gasteiger partial charge >= 0.3 is 0 Å². The molecule has 2 atom stereocenters. The first-order chi connectivity index (χ1) is 9.31. The quantitative estimate of drug-likeness (QED) is 0.866. The Morgan fingerprint density at radius 1 is 1.32 bits per heavy atom. The predicted molar refractivity (Wildman–Crippen MR) is 78.2 cm³/mol. The van der Waals surface area contributed by atoms with Gasteiger partial charge in [-0.15, -0.1) is 11.3 Å². The highest BCUT2D eigenvalue weighted by atomic mass is 32.1. The van der Waals surface area contributed by atoms with E-state index in [1.54, 1.807) is 11.3 Å². The van der Waals surface area contributed by atoms with Crippen LogP contribution in [0.5, 0.6) is 0 Å². The third kappa shape index (κ3) is 4.01. The molecule has 1 aromatic rings. The SMILES string of the molecule is CC1CCCCC1OCc1csc(CNC2CC2)n1. The van der Waals surface area contributed by atoms with Crippen molar-refractivity contribution in [3.05, 3.63) is 16.1 Å². The predicted octanol–water partition coefficient (Wildman–Crippen LogP) is 3.49. The summed E-state index contributed by atoms with van der Waals surface area (Å²) in [5.41, 5.74) is 1.11. The Balaban J connectivity index is 1.43. The second kappa shape index (κ2) is 6.33. The zero-order valence-corrected chi connectivity index (χ0v) is 12.5. The van der Waals surface area contributed by atoms with Crippen molar-refractivity contribution in [3.63, 3.8) is 0 Å². The van der Waals surface area contributed by atoms with E-state index in [9.17, 15) is 0 Å². The maximum Gasteiger partial charge on any atom is 0.107 e. The van der Waals surface area contributed by atoms with Crippen molar-refractivity contribution >= 4 is 11.3 Å². The fourth-order valence-corrected chi connectivity index (χ4v) is 3.47. The Hall–Kier alpha value is -0.450. The minimum absolute atomic E-state index is 0.448. The van der Waals surface area contributed by atoms with E-state index < -0.39 is 0 Å². The van der Waals surface area contributed by atoms with Crippen LogP contribution in [0.4, 0.5) is 0 Å². The van der Waals surface area contributed by atoms with E-state index >= 15 is 0 Å². The van der Waals surface area contributed by atoms with Crippen LogP contribution in [0.3, 0.4) is 0 Å². The first-order valence-corrected chi connectivity index (χ1v) is 8.47. The molecule has 2 fully saturated rings. The number of thiazole rings is 1. The van der Waals surface area contributed by atoms with Gasteiger partial charge in [-0.2, -0.15) is 0 Å². The van der Waals surface area contributed by atoms with Crippen molar-refractivity contribution < 1.29 is 4.74 Å². The minimum Gasteiger partial charge on any atom is -0.372 e. The van der Waals surface area contributed by atoms with Crippen LogP contribution < -0.4 is 5.32 Å². The molecule has 0 aromatic carbocycles. The van der Waals surface area contributed by atoms with Gasteiger partial charge in [0.1, 0.15) is 5.01 Å². The summed E-state index contributed by atoms with van der Waals surface area (Å²) in [7, 11) is 0. The summed E-state index contributed by atoms with van der Waals surface area (Å²) in [4.78, 5) is 4.65. The highest BCUT2D eigenvalue weighted by molar-refractivity contribution is 7.09. The van der Waals surface area contributed by atoms with Crippen molar-refractivity contribution in [2.24, 2.45) is 5.92 Å². The maximum absolute atomic E-state index is 6.06. The Morgan fingerprint density at radius 2 is 2.16 bits per heavy atom. The van der Waals surface area contributed by atoms with Gasteiger partial charge in [0.25, 0.3) is 0 Å². The third-order valence-electron chi connectivity index (χ3n) is 4.20. The molecule has 3 nitrogen and oxygen atoms in total. The van der Waals surface area contributed by atoms with Crippen LogP contribution >= 0.6 is 11.3 Å². The Morgan fingerprint density at radius 3 is 2.95 bits per heavy atom. The van der Waals surface area contributed by atoms with Crippen LogP contribution in [-0.4, -0.2) is 17.1 Å². The zero-order chi connectivity index (χ0) is 13.1. The second-order valence-corrected chi connectivity index (χ2v) is 6.94. The average Bonchev–Trinajstić information content (AvgIpc) is 3.14. The molecule has 19 heavy (non-hydrogen) atoms. The Labute approximate surface area is 119 Å². The monoisotopic (exact) mass is 280 g/mol. The number of nitrogens with one attached hydrogen (secondary N) is 1. The van der Waals surface area contributed by atoms with Crippen molar-refractivity contribution in [3.8, 4) is 0 Å². The highest BCUT2D eigenvalue weighted by Gasteiger charge is 2.22. The van der Waals surface area contributed by atoms with E-state index in [1.807, 2.05) is 0 Å². The molecule has 0 saturated heterocycles. The normalized spacial score (nSPS) is 27.6. The first kappa shape index (κ1) is 13.5. The van der Waals surface area contributed by atoms with Crippen LogP contribution in [0.1, 0.15) is 56.2 Å². The van der Waals surface area contributed by atoms with E-state index in [1.165, 1.54) is 43.5 Å². The van der Waals surface area contributed by atoms with Gasteiger partial charge in [0.2, 0.25) is 0 Å². The molecular formula is C15H24N2OS. The number of hydrogen-bond donors (Lipinski definition) is 1. The summed E-state index contributed by atoms with van der Waals surface area (Å²) < 4.78 is 6.06. The smallest absolute Gasteiger partial charge is 0.107 e. The summed E-state index contributed by atoms with van der Waals surface area (Å²) >= 11 is 1.75. The molecule has 3 rings (SSSR count). The van der Waals surface area contributed by atoms with Crippen molar-refractivity contribution in [2.75, 3.05) is 0 Å². The van der Waals surface area contributed by atoms with Gasteiger partial charge in [0, 0.05) is 18.0 Å². The Kier molecular flexibility index (Phi) is 4.51. The largest absolute Gasteiger partial charge is 0.372 e. The van der Waals surface area contributed by atoms with Gasteiger partial charge in [-0.1, -0.05) is 19.8 Å². The third-order valence-corrected chi connectivity index (χ3v) is 5.09. The average molecular weight is 280 g/mol. The van der Waals surface area contributed by atoms with E-state index in [0.29, 0.717) is 18.6 Å². The number of nitrogens with zero attached hydrogens (tertiary/aromatic N) is 1. The van der Waals surface area contributed by atoms with Gasteiger partial charge in [-0.3, -0.25) is 0 Å². The second-order valence-electron chi connectivity index (χ2n) is 6.00. The van der Waals surface area contributed by atoms with Gasteiger partial charge < -0.3 is 10.1 Å². The molecule has 1 heterocycles. The molecule has 2 unspecified atom stereocenters. The fraction of sp³-hybridized carbons (Fsp3) is 0.800. The molecule has 0 amide bonds. The lowest BCUT2D eigenvalue weighted by Gasteiger charge is -2.28. The van der Waals surface area contributed by atoms with Crippen molar-refractivity contribution in [1.82, 2.24) is 10.3 Å². The zero-order valence-electron chi connectivity index (χ0n) is 11.7. The summed E-state index contributed by atoms with van der Waals surface area (Å²) in [5.74, 6) is 0.711. The number of ether oxygens (including phenoxy) is 1. The van der Waals surface area contributed by atoms with Gasteiger partial charge in [0.15, 0.2) is 0 Å². The molecule has 2 saturated carbocycles. The molecule has 2 aliphatic carbocycles. The number of aromatic nitrogens is 1. The van der Waals surface area contributed by atoms with Gasteiger partial charge in [-0.05, 0) is 31.6 Å². The topological polar surface area (TPSA) is 34.1 Å². The van der Waals surface area contributed by atoms with E-state index in [4.69, 9.17) is 4.74 Å². The summed E-state index contributed by atoms with van der Waals surface area (Å²) in [6, 6.07) is 0.756. The molecule has 0 radical (unpaired) electrons. The summed E-state index contributed by atoms with van der Waals surface area (Å²) in [6.07, 6.45) is 8.35. The van der Waals surface area contributed by atoms with Crippen LogP contribution in [-0.2, 0) is 17.9 Å². The van der Waals surface area contributed by atoms with Crippen molar-refractivity contribution in [1.29, 1.82) is 0 Å². The molecule has 106 valence electrons. The molecule has 2 aliphatic rings. The van der Waals surface area contributed by atoms with Crippen LogP contribution in [0, 0.1) is 5.92 Å². The van der Waals surface area contributed by atoms with Crippen molar-refractivity contribution in [2.45, 2.75) is 70.7 Å². The van der Waals surface area contributed by atoms with Gasteiger partial charge in [0.05, 0.1) is 18.4 Å². The van der Waals surface area contributed by atoms with Crippen LogP contribution in [0.2, 0.25) is 0 Å². The number of rotatable bonds is 6. The highest BCUT2D eigenvalue weighted by Crippen LogP contribution is 2.27. The molecule has 0 aliphatic heterocycles. The first-order valence-electron chi connectivity index (χ1n) is 7.59. The van der Waals surface area contributed by atoms with E-state index in [2.05, 4.69) is 22.6 Å². The molecule has 1 N–H and O–H groups in total. The fourth-order valence-electron chi connectivity index (χ4n) is 2.74.